The normalized spacial score (nSPS) is 32.4. The summed E-state index contributed by atoms with van der Waals surface area (Å²) in [7, 11) is 0. The van der Waals surface area contributed by atoms with Crippen LogP contribution < -0.4 is 5.32 Å². The number of ether oxygens (including phenoxy) is 1. The molecule has 18 heavy (non-hydrogen) atoms. The van der Waals surface area contributed by atoms with Crippen LogP contribution in [0.15, 0.2) is 30.3 Å². The van der Waals surface area contributed by atoms with Crippen LogP contribution in [0.1, 0.15) is 32.8 Å². The second-order valence-electron chi connectivity index (χ2n) is 5.48. The standard InChI is InChI=1S/C16H25NO/c1-4-15-12(2)13(3)16(10-17-15)18-11-14-8-6-5-7-9-14/h5-9,12-13,15-17H,4,10-11H2,1-3H3/t12-,13-,15+,16-/m0/s1. The number of piperidine rings is 1. The average Bonchev–Trinajstić information content (AvgIpc) is 2.42. The highest BCUT2D eigenvalue weighted by Crippen LogP contribution is 2.27. The summed E-state index contributed by atoms with van der Waals surface area (Å²) in [5.74, 6) is 1.31. The third kappa shape index (κ3) is 3.12. The first-order valence-corrected chi connectivity index (χ1v) is 7.11. The maximum Gasteiger partial charge on any atom is 0.0732 e. The smallest absolute Gasteiger partial charge is 0.0732 e. The minimum absolute atomic E-state index is 0.336. The van der Waals surface area contributed by atoms with Gasteiger partial charge in [0, 0.05) is 12.6 Å². The lowest BCUT2D eigenvalue weighted by Gasteiger charge is -2.40. The second kappa shape index (κ2) is 6.35. The molecule has 1 heterocycles. The van der Waals surface area contributed by atoms with E-state index in [1.165, 1.54) is 12.0 Å². The third-order valence-electron chi connectivity index (χ3n) is 4.38. The molecule has 0 unspecified atom stereocenters. The van der Waals surface area contributed by atoms with Gasteiger partial charge in [0.1, 0.15) is 0 Å². The Morgan fingerprint density at radius 1 is 1.17 bits per heavy atom. The van der Waals surface area contributed by atoms with E-state index in [-0.39, 0.29) is 0 Å². The number of benzene rings is 1. The van der Waals surface area contributed by atoms with E-state index in [1.807, 2.05) is 6.07 Å². The fraction of sp³-hybridized carbons (Fsp3) is 0.625. The molecule has 1 aromatic carbocycles. The lowest BCUT2D eigenvalue weighted by atomic mass is 9.80. The van der Waals surface area contributed by atoms with Crippen molar-refractivity contribution in [2.24, 2.45) is 11.8 Å². The molecule has 2 heteroatoms. The zero-order chi connectivity index (χ0) is 13.0. The van der Waals surface area contributed by atoms with Crippen LogP contribution in [0.5, 0.6) is 0 Å². The van der Waals surface area contributed by atoms with Crippen LogP contribution in [0.4, 0.5) is 0 Å². The molecule has 0 aliphatic carbocycles. The summed E-state index contributed by atoms with van der Waals surface area (Å²) in [5.41, 5.74) is 1.26. The van der Waals surface area contributed by atoms with Gasteiger partial charge in [0.05, 0.1) is 12.7 Å². The fourth-order valence-electron chi connectivity index (χ4n) is 2.85. The van der Waals surface area contributed by atoms with Gasteiger partial charge in [0.25, 0.3) is 0 Å². The van der Waals surface area contributed by atoms with Crippen LogP contribution in [0.3, 0.4) is 0 Å². The van der Waals surface area contributed by atoms with Crippen molar-refractivity contribution in [3.05, 3.63) is 35.9 Å². The Morgan fingerprint density at radius 3 is 2.56 bits per heavy atom. The van der Waals surface area contributed by atoms with Crippen LogP contribution in [0, 0.1) is 11.8 Å². The lowest BCUT2D eigenvalue weighted by molar-refractivity contribution is -0.0358. The Morgan fingerprint density at radius 2 is 1.89 bits per heavy atom. The molecule has 100 valence electrons. The number of rotatable bonds is 4. The first-order chi connectivity index (χ1) is 8.72. The lowest BCUT2D eigenvalue weighted by Crippen LogP contribution is -2.52. The molecule has 0 saturated carbocycles. The topological polar surface area (TPSA) is 21.3 Å². The number of nitrogens with one attached hydrogen (secondary N) is 1. The van der Waals surface area contributed by atoms with Crippen LogP contribution in [0.25, 0.3) is 0 Å². The maximum atomic E-state index is 6.08. The monoisotopic (exact) mass is 247 g/mol. The second-order valence-corrected chi connectivity index (χ2v) is 5.48. The van der Waals surface area contributed by atoms with Crippen molar-refractivity contribution in [2.45, 2.75) is 45.9 Å². The SMILES string of the molecule is CC[C@H]1NC[C@H](OCc2ccccc2)[C@@H](C)[C@@H]1C. The molecule has 1 fully saturated rings. The van der Waals surface area contributed by atoms with Crippen molar-refractivity contribution in [3.8, 4) is 0 Å². The van der Waals surface area contributed by atoms with Crippen molar-refractivity contribution in [2.75, 3.05) is 6.54 Å². The van der Waals surface area contributed by atoms with Crippen molar-refractivity contribution >= 4 is 0 Å². The molecule has 0 amide bonds. The summed E-state index contributed by atoms with van der Waals surface area (Å²) in [6.45, 7) is 8.62. The molecule has 4 atom stereocenters. The van der Waals surface area contributed by atoms with Crippen molar-refractivity contribution in [1.29, 1.82) is 0 Å². The number of hydrogen-bond acceptors (Lipinski definition) is 2. The summed E-state index contributed by atoms with van der Waals surface area (Å²) >= 11 is 0. The van der Waals surface area contributed by atoms with E-state index in [0.29, 0.717) is 24.0 Å². The van der Waals surface area contributed by atoms with Gasteiger partial charge in [-0.25, -0.2) is 0 Å². The molecule has 2 rings (SSSR count). The third-order valence-corrected chi connectivity index (χ3v) is 4.38. The predicted molar refractivity (Wildman–Crippen MR) is 75.4 cm³/mol. The minimum Gasteiger partial charge on any atom is -0.372 e. The molecular formula is C16H25NO. The molecule has 1 aliphatic rings. The Balaban J connectivity index is 1.87. The van der Waals surface area contributed by atoms with Crippen LogP contribution >= 0.6 is 0 Å². The zero-order valence-electron chi connectivity index (χ0n) is 11.7. The highest BCUT2D eigenvalue weighted by atomic mass is 16.5. The van der Waals surface area contributed by atoms with Gasteiger partial charge < -0.3 is 10.1 Å². The van der Waals surface area contributed by atoms with E-state index in [4.69, 9.17) is 4.74 Å². The molecule has 1 saturated heterocycles. The molecule has 0 aromatic heterocycles. The van der Waals surface area contributed by atoms with Crippen molar-refractivity contribution in [1.82, 2.24) is 5.32 Å². The van der Waals surface area contributed by atoms with Gasteiger partial charge in [-0.3, -0.25) is 0 Å². The van der Waals surface area contributed by atoms with E-state index in [1.54, 1.807) is 0 Å². The molecule has 1 aromatic rings. The van der Waals surface area contributed by atoms with E-state index in [0.717, 1.165) is 13.2 Å². The predicted octanol–water partition coefficient (Wildman–Crippen LogP) is 3.23. The van der Waals surface area contributed by atoms with Crippen LogP contribution in [-0.4, -0.2) is 18.7 Å². The number of hydrogen-bond donors (Lipinski definition) is 1. The summed E-state index contributed by atoms with van der Waals surface area (Å²) in [5, 5.41) is 3.61. The fourth-order valence-corrected chi connectivity index (χ4v) is 2.85. The zero-order valence-corrected chi connectivity index (χ0v) is 11.7. The summed E-state index contributed by atoms with van der Waals surface area (Å²) in [6.07, 6.45) is 1.54. The molecular weight excluding hydrogens is 222 g/mol. The molecule has 0 radical (unpaired) electrons. The maximum absolute atomic E-state index is 6.08. The Kier molecular flexibility index (Phi) is 4.79. The molecule has 0 spiro atoms. The van der Waals surface area contributed by atoms with Crippen LogP contribution in [0.2, 0.25) is 0 Å². The average molecular weight is 247 g/mol. The Labute approximate surface area is 111 Å². The molecule has 1 N–H and O–H groups in total. The molecule has 1 aliphatic heterocycles. The van der Waals surface area contributed by atoms with E-state index >= 15 is 0 Å². The molecule has 0 bridgehead atoms. The van der Waals surface area contributed by atoms with Gasteiger partial charge in [0.15, 0.2) is 0 Å². The minimum atomic E-state index is 0.336. The van der Waals surface area contributed by atoms with E-state index in [9.17, 15) is 0 Å². The van der Waals surface area contributed by atoms with E-state index in [2.05, 4.69) is 50.4 Å². The van der Waals surface area contributed by atoms with Gasteiger partial charge in [-0.2, -0.15) is 0 Å². The molecule has 2 nitrogen and oxygen atoms in total. The van der Waals surface area contributed by atoms with Gasteiger partial charge >= 0.3 is 0 Å². The summed E-state index contributed by atoms with van der Waals surface area (Å²) in [4.78, 5) is 0. The Hall–Kier alpha value is -0.860. The first kappa shape index (κ1) is 13.6. The highest BCUT2D eigenvalue weighted by Gasteiger charge is 2.33. The Bertz CT molecular complexity index is 351. The van der Waals surface area contributed by atoms with Crippen molar-refractivity contribution < 1.29 is 4.74 Å². The summed E-state index contributed by atoms with van der Waals surface area (Å²) in [6, 6.07) is 11.1. The van der Waals surface area contributed by atoms with Gasteiger partial charge in [-0.05, 0) is 23.8 Å². The quantitative estimate of drug-likeness (QED) is 0.882. The van der Waals surface area contributed by atoms with E-state index < -0.39 is 0 Å². The largest absolute Gasteiger partial charge is 0.372 e. The van der Waals surface area contributed by atoms with Crippen LogP contribution in [-0.2, 0) is 11.3 Å². The van der Waals surface area contributed by atoms with Gasteiger partial charge in [-0.15, -0.1) is 0 Å². The first-order valence-electron chi connectivity index (χ1n) is 7.11. The van der Waals surface area contributed by atoms with Gasteiger partial charge in [0.2, 0.25) is 0 Å². The highest BCUT2D eigenvalue weighted by molar-refractivity contribution is 5.13. The summed E-state index contributed by atoms with van der Waals surface area (Å²) < 4.78 is 6.08. The van der Waals surface area contributed by atoms with Gasteiger partial charge in [-0.1, -0.05) is 51.1 Å². The van der Waals surface area contributed by atoms with Crippen molar-refractivity contribution in [3.63, 3.8) is 0 Å².